The summed E-state index contributed by atoms with van der Waals surface area (Å²) in [5.74, 6) is 0. The van der Waals surface area contributed by atoms with Gasteiger partial charge in [0.1, 0.15) is 11.2 Å². The SMILES string of the molecule is CC(C)(C)OC(=O)n1ccc2c(Cl)ccnc21.Clc1ccnc2[nH]ccc12. The zero-order valence-corrected chi connectivity index (χ0v) is 16.5. The van der Waals surface area contributed by atoms with Gasteiger partial charge in [-0.25, -0.2) is 19.3 Å². The van der Waals surface area contributed by atoms with Crippen LogP contribution in [0.5, 0.6) is 0 Å². The number of aromatic amines is 1. The first kappa shape index (κ1) is 19.2. The molecule has 6 nitrogen and oxygen atoms in total. The highest BCUT2D eigenvalue weighted by Crippen LogP contribution is 2.23. The average molecular weight is 405 g/mol. The van der Waals surface area contributed by atoms with Crippen molar-refractivity contribution in [3.63, 3.8) is 0 Å². The van der Waals surface area contributed by atoms with Gasteiger partial charge in [0.05, 0.1) is 10.0 Å². The minimum absolute atomic E-state index is 0.456. The van der Waals surface area contributed by atoms with E-state index in [0.717, 1.165) is 21.4 Å². The predicted molar refractivity (Wildman–Crippen MR) is 107 cm³/mol. The molecule has 0 radical (unpaired) electrons. The maximum atomic E-state index is 11.9. The lowest BCUT2D eigenvalue weighted by Gasteiger charge is -2.19. The van der Waals surface area contributed by atoms with E-state index in [0.29, 0.717) is 10.7 Å². The minimum Gasteiger partial charge on any atom is -0.443 e. The van der Waals surface area contributed by atoms with Gasteiger partial charge in [-0.15, -0.1) is 0 Å². The van der Waals surface area contributed by atoms with Crippen LogP contribution in [0.2, 0.25) is 10.0 Å². The van der Waals surface area contributed by atoms with E-state index < -0.39 is 11.7 Å². The van der Waals surface area contributed by atoms with E-state index in [2.05, 4.69) is 15.0 Å². The molecule has 0 amide bonds. The number of halogens is 2. The van der Waals surface area contributed by atoms with Crippen molar-refractivity contribution in [2.75, 3.05) is 0 Å². The number of carbonyl (C=O) groups is 1. The number of nitrogens with zero attached hydrogens (tertiary/aromatic N) is 3. The number of aromatic nitrogens is 4. The van der Waals surface area contributed by atoms with E-state index in [9.17, 15) is 4.79 Å². The van der Waals surface area contributed by atoms with Crippen LogP contribution >= 0.6 is 23.2 Å². The van der Waals surface area contributed by atoms with Crippen LogP contribution in [0.3, 0.4) is 0 Å². The van der Waals surface area contributed by atoms with Crippen molar-refractivity contribution in [1.29, 1.82) is 0 Å². The Bertz CT molecular complexity index is 1100. The summed E-state index contributed by atoms with van der Waals surface area (Å²) in [6.45, 7) is 5.45. The van der Waals surface area contributed by atoms with E-state index in [4.69, 9.17) is 27.9 Å². The number of ether oxygens (including phenoxy) is 1. The quantitative estimate of drug-likeness (QED) is 0.408. The van der Waals surface area contributed by atoms with Crippen LogP contribution in [0, 0.1) is 0 Å². The Morgan fingerprint density at radius 3 is 2.37 bits per heavy atom. The Balaban J connectivity index is 0.000000177. The summed E-state index contributed by atoms with van der Waals surface area (Å²) < 4.78 is 6.62. The Kier molecular flexibility index (Phi) is 5.39. The van der Waals surface area contributed by atoms with E-state index in [-0.39, 0.29) is 0 Å². The fourth-order valence-electron chi connectivity index (χ4n) is 2.39. The number of hydrogen-bond acceptors (Lipinski definition) is 4. The first-order valence-electron chi connectivity index (χ1n) is 8.19. The van der Waals surface area contributed by atoms with Crippen molar-refractivity contribution >= 4 is 51.4 Å². The molecule has 0 atom stereocenters. The largest absolute Gasteiger partial charge is 0.443 e. The molecule has 4 aromatic heterocycles. The second-order valence-corrected chi connectivity index (χ2v) is 7.54. The van der Waals surface area contributed by atoms with Crippen molar-refractivity contribution in [2.45, 2.75) is 26.4 Å². The third-order valence-electron chi connectivity index (χ3n) is 3.53. The summed E-state index contributed by atoms with van der Waals surface area (Å²) in [7, 11) is 0. The van der Waals surface area contributed by atoms with Crippen LogP contribution in [0.25, 0.3) is 22.1 Å². The summed E-state index contributed by atoms with van der Waals surface area (Å²) >= 11 is 11.8. The molecule has 4 aromatic rings. The Morgan fingerprint density at radius 1 is 1.04 bits per heavy atom. The van der Waals surface area contributed by atoms with Crippen molar-refractivity contribution in [2.24, 2.45) is 0 Å². The van der Waals surface area contributed by atoms with Gasteiger partial charge in [0.15, 0.2) is 5.65 Å². The molecular weight excluding hydrogens is 387 g/mol. The fraction of sp³-hybridized carbons (Fsp3) is 0.211. The number of carbonyl (C=O) groups excluding carboxylic acids is 1. The summed E-state index contributed by atoms with van der Waals surface area (Å²) in [4.78, 5) is 23.1. The van der Waals surface area contributed by atoms with Gasteiger partial charge >= 0.3 is 6.09 Å². The minimum atomic E-state index is -0.535. The van der Waals surface area contributed by atoms with Crippen molar-refractivity contribution in [3.05, 3.63) is 59.1 Å². The molecular formula is C19H18Cl2N4O2. The highest BCUT2D eigenvalue weighted by atomic mass is 35.5. The number of rotatable bonds is 0. The van der Waals surface area contributed by atoms with Gasteiger partial charge in [-0.2, -0.15) is 0 Å². The van der Waals surface area contributed by atoms with E-state index in [1.165, 1.54) is 4.57 Å². The topological polar surface area (TPSA) is 72.8 Å². The summed E-state index contributed by atoms with van der Waals surface area (Å²) in [5.41, 5.74) is 0.811. The highest BCUT2D eigenvalue weighted by Gasteiger charge is 2.19. The second-order valence-electron chi connectivity index (χ2n) is 6.73. The van der Waals surface area contributed by atoms with Crippen LogP contribution in [-0.2, 0) is 4.74 Å². The lowest BCUT2D eigenvalue weighted by Crippen LogP contribution is -2.26. The lowest BCUT2D eigenvalue weighted by molar-refractivity contribution is 0.0543. The predicted octanol–water partition coefficient (Wildman–Crippen LogP) is 5.69. The maximum absolute atomic E-state index is 11.9. The van der Waals surface area contributed by atoms with Crippen LogP contribution in [0.4, 0.5) is 4.79 Å². The maximum Gasteiger partial charge on any atom is 0.420 e. The molecule has 4 heterocycles. The number of hydrogen-bond donors (Lipinski definition) is 1. The van der Waals surface area contributed by atoms with Gasteiger partial charge in [-0.3, -0.25) is 0 Å². The summed E-state index contributed by atoms with van der Waals surface area (Å²) in [6.07, 6.45) is 6.22. The fourth-order valence-corrected chi connectivity index (χ4v) is 2.80. The lowest BCUT2D eigenvalue weighted by atomic mass is 10.2. The van der Waals surface area contributed by atoms with E-state index >= 15 is 0 Å². The highest BCUT2D eigenvalue weighted by molar-refractivity contribution is 6.35. The van der Waals surface area contributed by atoms with Crippen molar-refractivity contribution < 1.29 is 9.53 Å². The monoisotopic (exact) mass is 404 g/mol. The van der Waals surface area contributed by atoms with Crippen LogP contribution < -0.4 is 0 Å². The molecule has 0 aliphatic carbocycles. The van der Waals surface area contributed by atoms with Gasteiger partial charge < -0.3 is 9.72 Å². The molecule has 4 rings (SSSR count). The van der Waals surface area contributed by atoms with Crippen molar-refractivity contribution in [3.8, 4) is 0 Å². The smallest absolute Gasteiger partial charge is 0.420 e. The van der Waals surface area contributed by atoms with Gasteiger partial charge in [-0.05, 0) is 45.0 Å². The van der Waals surface area contributed by atoms with Gasteiger partial charge in [-0.1, -0.05) is 23.2 Å². The van der Waals surface area contributed by atoms with Crippen LogP contribution in [0.15, 0.2) is 49.1 Å². The molecule has 0 bridgehead atoms. The molecule has 0 aliphatic rings. The van der Waals surface area contributed by atoms with Crippen molar-refractivity contribution in [1.82, 2.24) is 19.5 Å². The Morgan fingerprint density at radius 2 is 1.70 bits per heavy atom. The van der Waals surface area contributed by atoms with Crippen LogP contribution in [0.1, 0.15) is 20.8 Å². The molecule has 0 unspecified atom stereocenters. The zero-order chi connectivity index (χ0) is 19.6. The summed E-state index contributed by atoms with van der Waals surface area (Å²) in [5, 5.41) is 3.02. The third kappa shape index (κ3) is 4.40. The molecule has 8 heteroatoms. The van der Waals surface area contributed by atoms with Crippen LogP contribution in [-0.4, -0.2) is 31.2 Å². The van der Waals surface area contributed by atoms with E-state index in [1.54, 1.807) is 36.8 Å². The van der Waals surface area contributed by atoms with Gasteiger partial charge in [0.2, 0.25) is 0 Å². The standard InChI is InChI=1S/C12H13ClN2O2.C7H5ClN2/c1-12(2,3)17-11(16)15-7-5-8-9(13)4-6-14-10(8)15;8-6-2-4-10-7-5(6)1-3-9-7/h4-7H,1-3H3;1-4H,(H,9,10). The normalized spacial score (nSPS) is 11.3. The average Bonchev–Trinajstić information content (AvgIpc) is 3.21. The molecule has 140 valence electrons. The molecule has 0 saturated heterocycles. The third-order valence-corrected chi connectivity index (χ3v) is 4.19. The second kappa shape index (κ2) is 7.58. The molecule has 0 spiro atoms. The molecule has 0 aromatic carbocycles. The molecule has 0 aliphatic heterocycles. The molecule has 1 N–H and O–H groups in total. The number of fused-ring (bicyclic) bond motifs is 2. The molecule has 0 saturated carbocycles. The number of pyridine rings is 2. The molecule has 0 fully saturated rings. The number of nitrogens with one attached hydrogen (secondary N) is 1. The Hall–Kier alpha value is -2.57. The van der Waals surface area contributed by atoms with Gasteiger partial charge in [0.25, 0.3) is 0 Å². The van der Waals surface area contributed by atoms with Gasteiger partial charge in [0, 0.05) is 35.6 Å². The van der Waals surface area contributed by atoms with E-state index in [1.807, 2.05) is 33.0 Å². The first-order valence-corrected chi connectivity index (χ1v) is 8.94. The Labute approximate surface area is 166 Å². The first-order chi connectivity index (χ1) is 12.8. The summed E-state index contributed by atoms with van der Waals surface area (Å²) in [6, 6.07) is 7.11. The number of H-pyrrole nitrogens is 1. The molecule has 27 heavy (non-hydrogen) atoms. The zero-order valence-electron chi connectivity index (χ0n) is 15.0.